The number of carbonyl (C=O) groups excluding carboxylic acids is 1. The van der Waals surface area contributed by atoms with Crippen molar-refractivity contribution in [3.63, 3.8) is 0 Å². The molecule has 3 atom stereocenters. The predicted octanol–water partition coefficient (Wildman–Crippen LogP) is 1.95. The van der Waals surface area contributed by atoms with Crippen LogP contribution in [0.2, 0.25) is 0 Å². The highest BCUT2D eigenvalue weighted by Gasteiger charge is 2.58. The lowest BCUT2D eigenvalue weighted by molar-refractivity contribution is -0.148. The first-order valence-corrected chi connectivity index (χ1v) is 9.42. The Hall–Kier alpha value is -1.80. The Morgan fingerprint density at radius 2 is 2.15 bits per heavy atom. The SMILES string of the molecule is COC1(Cc2ccccc2)SC2C(N)C(=O)N2C(C(=O)O)=C1C=CCCl. The van der Waals surface area contributed by atoms with Gasteiger partial charge in [-0.25, -0.2) is 4.79 Å². The Kier molecular flexibility index (Phi) is 5.43. The van der Waals surface area contributed by atoms with Crippen molar-refractivity contribution in [2.45, 2.75) is 22.8 Å². The van der Waals surface area contributed by atoms with Crippen LogP contribution in [0, 0.1) is 0 Å². The quantitative estimate of drug-likeness (QED) is 0.566. The summed E-state index contributed by atoms with van der Waals surface area (Å²) in [6, 6.07) is 8.87. The number of hydrogen-bond acceptors (Lipinski definition) is 5. The van der Waals surface area contributed by atoms with Crippen molar-refractivity contribution in [3.8, 4) is 0 Å². The number of carboxylic acid groups (broad SMARTS) is 1. The fourth-order valence-electron chi connectivity index (χ4n) is 3.24. The van der Waals surface area contributed by atoms with Crippen LogP contribution in [0.3, 0.4) is 0 Å². The summed E-state index contributed by atoms with van der Waals surface area (Å²) in [5.74, 6) is -1.39. The van der Waals surface area contributed by atoms with Crippen molar-refractivity contribution >= 4 is 35.2 Å². The van der Waals surface area contributed by atoms with Crippen LogP contribution in [0.1, 0.15) is 5.56 Å². The number of carboxylic acids is 1. The first-order chi connectivity index (χ1) is 12.4. The van der Waals surface area contributed by atoms with Gasteiger partial charge >= 0.3 is 5.97 Å². The molecular weight excluding hydrogens is 376 g/mol. The molecule has 26 heavy (non-hydrogen) atoms. The molecular formula is C18H19ClN2O4S. The van der Waals surface area contributed by atoms with Crippen LogP contribution < -0.4 is 5.73 Å². The summed E-state index contributed by atoms with van der Waals surface area (Å²) in [5, 5.41) is 9.32. The number of benzene rings is 1. The van der Waals surface area contributed by atoms with E-state index in [-0.39, 0.29) is 11.6 Å². The van der Waals surface area contributed by atoms with Gasteiger partial charge in [-0.15, -0.1) is 11.6 Å². The molecule has 0 bridgehead atoms. The standard InChI is InChI=1S/C18H19ClN2O4S/c1-25-18(10-11-6-3-2-4-7-11)12(8-5-9-19)14(17(23)24)21-15(22)13(20)16(21)26-18/h2-8,13,16H,9-10,20H2,1H3,(H,23,24). The first kappa shape index (κ1) is 19.0. The number of carbonyl (C=O) groups is 2. The molecule has 0 aliphatic carbocycles. The lowest BCUT2D eigenvalue weighted by atomic mass is 9.94. The van der Waals surface area contributed by atoms with Gasteiger partial charge < -0.3 is 15.6 Å². The monoisotopic (exact) mass is 394 g/mol. The van der Waals surface area contributed by atoms with Gasteiger partial charge in [0.1, 0.15) is 22.0 Å². The second-order valence-corrected chi connectivity index (χ2v) is 7.67. The summed E-state index contributed by atoms with van der Waals surface area (Å²) in [5.41, 5.74) is 7.22. The topological polar surface area (TPSA) is 92.9 Å². The fourth-order valence-corrected chi connectivity index (χ4v) is 4.93. The molecule has 1 aromatic rings. The van der Waals surface area contributed by atoms with Crippen molar-refractivity contribution in [1.29, 1.82) is 0 Å². The molecule has 0 radical (unpaired) electrons. The van der Waals surface area contributed by atoms with Gasteiger partial charge in [-0.2, -0.15) is 0 Å². The molecule has 0 spiro atoms. The largest absolute Gasteiger partial charge is 0.477 e. The van der Waals surface area contributed by atoms with Gasteiger partial charge in [0.15, 0.2) is 0 Å². The third kappa shape index (κ3) is 3.05. The molecule has 1 saturated heterocycles. The number of allylic oxidation sites excluding steroid dienone is 1. The van der Waals surface area contributed by atoms with Gasteiger partial charge in [0.05, 0.1) is 0 Å². The molecule has 2 aliphatic rings. The van der Waals surface area contributed by atoms with E-state index >= 15 is 0 Å². The Morgan fingerprint density at radius 3 is 2.73 bits per heavy atom. The summed E-state index contributed by atoms with van der Waals surface area (Å²) in [6.45, 7) is 0. The maximum atomic E-state index is 12.2. The maximum Gasteiger partial charge on any atom is 0.353 e. The van der Waals surface area contributed by atoms with Crippen LogP contribution in [0.15, 0.2) is 53.8 Å². The second-order valence-electron chi connectivity index (χ2n) is 5.99. The van der Waals surface area contributed by atoms with Gasteiger partial charge in [0, 0.05) is 25.0 Å². The number of methoxy groups -OCH3 is 1. The molecule has 138 valence electrons. The second kappa shape index (κ2) is 7.44. The summed E-state index contributed by atoms with van der Waals surface area (Å²) in [6.07, 6.45) is 3.70. The van der Waals surface area contributed by atoms with E-state index in [9.17, 15) is 14.7 Å². The van der Waals surface area contributed by atoms with E-state index < -0.39 is 28.2 Å². The number of nitrogens with two attached hydrogens (primary N) is 1. The Bertz CT molecular complexity index is 783. The van der Waals surface area contributed by atoms with Crippen LogP contribution in [0.5, 0.6) is 0 Å². The number of amides is 1. The van der Waals surface area contributed by atoms with Crippen molar-refractivity contribution in [3.05, 3.63) is 59.3 Å². The van der Waals surface area contributed by atoms with E-state index in [4.69, 9.17) is 22.1 Å². The lowest BCUT2D eigenvalue weighted by Crippen LogP contribution is -2.70. The summed E-state index contributed by atoms with van der Waals surface area (Å²) < 4.78 is 5.86. The molecule has 0 aromatic heterocycles. The summed E-state index contributed by atoms with van der Waals surface area (Å²) in [7, 11) is 1.53. The number of β-lactam (4-membered cyclic amide) rings is 1. The van der Waals surface area contributed by atoms with Gasteiger partial charge in [-0.05, 0) is 5.56 Å². The average Bonchev–Trinajstić information content (AvgIpc) is 2.66. The van der Waals surface area contributed by atoms with E-state index in [2.05, 4.69) is 0 Å². The third-order valence-corrected chi connectivity index (χ3v) is 6.32. The molecule has 0 saturated carbocycles. The molecule has 1 aromatic carbocycles. The molecule has 3 N–H and O–H groups in total. The molecule has 6 nitrogen and oxygen atoms in total. The zero-order valence-electron chi connectivity index (χ0n) is 14.1. The van der Waals surface area contributed by atoms with Crippen LogP contribution in [-0.2, 0) is 20.7 Å². The smallest absolute Gasteiger partial charge is 0.353 e. The Morgan fingerprint density at radius 1 is 1.46 bits per heavy atom. The van der Waals surface area contributed by atoms with Gasteiger partial charge in [-0.1, -0.05) is 54.2 Å². The van der Waals surface area contributed by atoms with E-state index in [1.807, 2.05) is 30.3 Å². The van der Waals surface area contributed by atoms with E-state index in [0.717, 1.165) is 5.56 Å². The van der Waals surface area contributed by atoms with Gasteiger partial charge in [0.25, 0.3) is 0 Å². The number of halogens is 1. The number of hydrogen-bond donors (Lipinski definition) is 2. The zero-order chi connectivity index (χ0) is 18.9. The lowest BCUT2D eigenvalue weighted by Gasteiger charge is -2.53. The normalized spacial score (nSPS) is 28.3. The minimum absolute atomic E-state index is 0.0976. The van der Waals surface area contributed by atoms with Crippen molar-refractivity contribution in [2.24, 2.45) is 5.73 Å². The predicted molar refractivity (Wildman–Crippen MR) is 101 cm³/mol. The fraction of sp³-hybridized carbons (Fsp3) is 0.333. The van der Waals surface area contributed by atoms with E-state index in [1.54, 1.807) is 12.2 Å². The van der Waals surface area contributed by atoms with Gasteiger partial charge in [0.2, 0.25) is 5.91 Å². The average molecular weight is 395 g/mol. The summed E-state index contributed by atoms with van der Waals surface area (Å²) >= 11 is 7.13. The minimum Gasteiger partial charge on any atom is -0.477 e. The van der Waals surface area contributed by atoms with Crippen LogP contribution in [0.4, 0.5) is 0 Å². The molecule has 3 unspecified atom stereocenters. The summed E-state index contributed by atoms with van der Waals surface area (Å²) in [4.78, 5) is 24.4. The number of thioether (sulfide) groups is 1. The molecule has 3 rings (SSSR count). The van der Waals surface area contributed by atoms with E-state index in [1.165, 1.54) is 23.8 Å². The zero-order valence-corrected chi connectivity index (χ0v) is 15.7. The number of aliphatic carboxylic acids is 1. The van der Waals surface area contributed by atoms with Gasteiger partial charge in [-0.3, -0.25) is 9.69 Å². The number of ether oxygens (including phenoxy) is 1. The Balaban J connectivity index is 2.16. The van der Waals surface area contributed by atoms with Crippen molar-refractivity contribution in [1.82, 2.24) is 4.90 Å². The molecule has 2 heterocycles. The van der Waals surface area contributed by atoms with Crippen LogP contribution in [-0.4, -0.2) is 51.2 Å². The van der Waals surface area contributed by atoms with Crippen LogP contribution in [0.25, 0.3) is 0 Å². The highest BCUT2D eigenvalue weighted by Crippen LogP contribution is 2.52. The van der Waals surface area contributed by atoms with Crippen molar-refractivity contribution in [2.75, 3.05) is 13.0 Å². The number of alkyl halides is 1. The minimum atomic E-state index is -1.20. The highest BCUT2D eigenvalue weighted by atomic mass is 35.5. The maximum absolute atomic E-state index is 12.2. The first-order valence-electron chi connectivity index (χ1n) is 8.01. The molecule has 8 heteroatoms. The molecule has 1 amide bonds. The number of nitrogens with zero attached hydrogens (tertiary/aromatic N) is 1. The number of rotatable bonds is 6. The van der Waals surface area contributed by atoms with Crippen LogP contribution >= 0.6 is 23.4 Å². The highest BCUT2D eigenvalue weighted by molar-refractivity contribution is 8.01. The molecule has 2 aliphatic heterocycles. The van der Waals surface area contributed by atoms with Crippen molar-refractivity contribution < 1.29 is 19.4 Å². The number of fused-ring (bicyclic) bond motifs is 1. The van der Waals surface area contributed by atoms with E-state index in [0.29, 0.717) is 12.0 Å². The third-order valence-electron chi connectivity index (χ3n) is 4.49. The molecule has 1 fully saturated rings. The Labute approximate surface area is 160 Å².